The third kappa shape index (κ3) is 3.28. The van der Waals surface area contributed by atoms with E-state index in [9.17, 15) is 0 Å². The van der Waals surface area contributed by atoms with Gasteiger partial charge in [-0.1, -0.05) is 17.7 Å². The third-order valence-corrected chi connectivity index (χ3v) is 4.11. The molecule has 2 heterocycles. The van der Waals surface area contributed by atoms with E-state index in [0.717, 1.165) is 11.5 Å². The van der Waals surface area contributed by atoms with Gasteiger partial charge in [-0.15, -0.1) is 11.3 Å². The topological polar surface area (TPSA) is 29.0 Å². The molecule has 2 rings (SSSR count). The number of aryl methyl sites for hydroxylation is 1. The van der Waals surface area contributed by atoms with Gasteiger partial charge in [-0.2, -0.15) is 0 Å². The van der Waals surface area contributed by atoms with Crippen LogP contribution < -0.4 is 0 Å². The van der Waals surface area contributed by atoms with E-state index in [-0.39, 0.29) is 0 Å². The lowest BCUT2D eigenvalue weighted by Crippen LogP contribution is -2.22. The van der Waals surface area contributed by atoms with E-state index in [0.29, 0.717) is 17.7 Å². The lowest BCUT2D eigenvalue weighted by atomic mass is 10.2. The van der Waals surface area contributed by atoms with Gasteiger partial charge >= 0.3 is 0 Å². The summed E-state index contributed by atoms with van der Waals surface area (Å²) in [5, 5.41) is 2.61. The molecule has 1 unspecified atom stereocenters. The maximum atomic E-state index is 5.95. The molecule has 0 spiro atoms. The van der Waals surface area contributed by atoms with Gasteiger partial charge in [-0.3, -0.25) is 4.90 Å². The molecule has 3 nitrogen and oxygen atoms in total. The molecule has 0 bridgehead atoms. The van der Waals surface area contributed by atoms with Crippen molar-refractivity contribution in [2.45, 2.75) is 26.4 Å². The van der Waals surface area contributed by atoms with E-state index in [1.807, 2.05) is 6.92 Å². The fraction of sp³-hybridized carbons (Fsp3) is 0.385. The minimum Gasteiger partial charge on any atom is -0.291 e. The summed E-state index contributed by atoms with van der Waals surface area (Å²) < 4.78 is 0. The molecule has 0 saturated carbocycles. The quantitative estimate of drug-likeness (QED) is 0.801. The first kappa shape index (κ1) is 13.5. The van der Waals surface area contributed by atoms with E-state index in [2.05, 4.69) is 46.4 Å². The molecule has 96 valence electrons. The van der Waals surface area contributed by atoms with Gasteiger partial charge < -0.3 is 0 Å². The van der Waals surface area contributed by atoms with Crippen LogP contribution in [0.25, 0.3) is 0 Å². The fourth-order valence-electron chi connectivity index (χ4n) is 1.77. The van der Waals surface area contributed by atoms with E-state index < -0.39 is 0 Å². The smallest absolute Gasteiger partial charge is 0.144 e. The lowest BCUT2D eigenvalue weighted by molar-refractivity contribution is 0.250. The summed E-state index contributed by atoms with van der Waals surface area (Å²) in [6.07, 6.45) is 0. The summed E-state index contributed by atoms with van der Waals surface area (Å²) in [5.41, 5.74) is 0.905. The van der Waals surface area contributed by atoms with Crippen LogP contribution >= 0.6 is 22.9 Å². The predicted molar refractivity (Wildman–Crippen MR) is 76.0 cm³/mol. The molecule has 0 N–H and O–H groups in total. The maximum Gasteiger partial charge on any atom is 0.144 e. The highest BCUT2D eigenvalue weighted by atomic mass is 35.5. The zero-order valence-corrected chi connectivity index (χ0v) is 12.3. The van der Waals surface area contributed by atoms with Crippen molar-refractivity contribution in [2.75, 3.05) is 7.05 Å². The first-order chi connectivity index (χ1) is 8.56. The second-order valence-corrected chi connectivity index (χ2v) is 5.72. The zero-order chi connectivity index (χ0) is 13.1. The van der Waals surface area contributed by atoms with E-state index in [1.54, 1.807) is 17.4 Å². The SMILES string of the molecule is Cc1cc(Cl)nc(CN(C)C(C)c2cccs2)n1. The number of rotatable bonds is 4. The molecule has 0 aliphatic carbocycles. The summed E-state index contributed by atoms with van der Waals surface area (Å²) in [6, 6.07) is 6.35. The molecule has 5 heteroatoms. The van der Waals surface area contributed by atoms with Crippen molar-refractivity contribution < 1.29 is 0 Å². The normalized spacial score (nSPS) is 12.9. The largest absolute Gasteiger partial charge is 0.291 e. The second kappa shape index (κ2) is 5.78. The van der Waals surface area contributed by atoms with Crippen LogP contribution in [0, 0.1) is 6.92 Å². The van der Waals surface area contributed by atoms with Gasteiger partial charge in [0.2, 0.25) is 0 Å². The number of nitrogens with zero attached hydrogens (tertiary/aromatic N) is 3. The Morgan fingerprint density at radius 3 is 2.83 bits per heavy atom. The molecule has 0 amide bonds. The molecule has 0 aliphatic heterocycles. The molecule has 18 heavy (non-hydrogen) atoms. The number of aromatic nitrogens is 2. The Morgan fingerprint density at radius 1 is 1.44 bits per heavy atom. The molecule has 1 atom stereocenters. The highest BCUT2D eigenvalue weighted by Crippen LogP contribution is 2.24. The van der Waals surface area contributed by atoms with Crippen LogP contribution in [0.2, 0.25) is 5.15 Å². The summed E-state index contributed by atoms with van der Waals surface area (Å²) >= 11 is 7.71. The Bertz CT molecular complexity index is 493. The Morgan fingerprint density at radius 2 is 2.22 bits per heavy atom. The first-order valence-corrected chi connectivity index (χ1v) is 7.05. The molecular formula is C13H16ClN3S. The Hall–Kier alpha value is -0.970. The molecular weight excluding hydrogens is 266 g/mol. The van der Waals surface area contributed by atoms with Crippen LogP contribution in [-0.4, -0.2) is 21.9 Å². The highest BCUT2D eigenvalue weighted by molar-refractivity contribution is 7.10. The molecule has 0 saturated heterocycles. The van der Waals surface area contributed by atoms with E-state index in [1.165, 1.54) is 4.88 Å². The Kier molecular flexibility index (Phi) is 4.32. The lowest BCUT2D eigenvalue weighted by Gasteiger charge is -2.23. The monoisotopic (exact) mass is 281 g/mol. The average Bonchev–Trinajstić information content (AvgIpc) is 2.79. The zero-order valence-electron chi connectivity index (χ0n) is 10.7. The van der Waals surface area contributed by atoms with Crippen molar-refractivity contribution in [3.63, 3.8) is 0 Å². The minimum absolute atomic E-state index is 0.355. The molecule has 2 aromatic rings. The number of halogens is 1. The standard InChI is InChI=1S/C13H16ClN3S/c1-9-7-12(14)16-13(15-9)8-17(3)10(2)11-5-4-6-18-11/h4-7,10H,8H2,1-3H3. The van der Waals surface area contributed by atoms with Crippen molar-refractivity contribution in [1.29, 1.82) is 0 Å². The van der Waals surface area contributed by atoms with Crippen molar-refractivity contribution >= 4 is 22.9 Å². The third-order valence-electron chi connectivity index (χ3n) is 2.88. The molecule has 0 radical (unpaired) electrons. The van der Waals surface area contributed by atoms with Crippen LogP contribution in [0.3, 0.4) is 0 Å². The first-order valence-electron chi connectivity index (χ1n) is 5.80. The highest BCUT2D eigenvalue weighted by Gasteiger charge is 2.14. The summed E-state index contributed by atoms with van der Waals surface area (Å²) in [7, 11) is 2.07. The minimum atomic E-state index is 0.355. The van der Waals surface area contributed by atoms with Crippen LogP contribution in [0.5, 0.6) is 0 Å². The van der Waals surface area contributed by atoms with Crippen molar-refractivity contribution in [3.05, 3.63) is 45.1 Å². The Labute approximate surface area is 116 Å². The van der Waals surface area contributed by atoms with Gasteiger partial charge in [0.15, 0.2) is 0 Å². The van der Waals surface area contributed by atoms with Crippen molar-refractivity contribution in [2.24, 2.45) is 0 Å². The van der Waals surface area contributed by atoms with E-state index >= 15 is 0 Å². The molecule has 0 aromatic carbocycles. The van der Waals surface area contributed by atoms with Crippen LogP contribution in [0.1, 0.15) is 29.4 Å². The van der Waals surface area contributed by atoms with E-state index in [4.69, 9.17) is 11.6 Å². The van der Waals surface area contributed by atoms with Crippen LogP contribution in [0.4, 0.5) is 0 Å². The van der Waals surface area contributed by atoms with Gasteiger partial charge in [-0.05, 0) is 38.4 Å². The molecule has 2 aromatic heterocycles. The number of hydrogen-bond acceptors (Lipinski definition) is 4. The van der Waals surface area contributed by atoms with Crippen LogP contribution in [0.15, 0.2) is 23.6 Å². The summed E-state index contributed by atoms with van der Waals surface area (Å²) in [5.74, 6) is 0.769. The van der Waals surface area contributed by atoms with Gasteiger partial charge in [0.25, 0.3) is 0 Å². The summed E-state index contributed by atoms with van der Waals surface area (Å²) in [6.45, 7) is 4.81. The fourth-order valence-corrected chi connectivity index (χ4v) is 2.87. The van der Waals surface area contributed by atoms with Gasteiger partial charge in [-0.25, -0.2) is 9.97 Å². The van der Waals surface area contributed by atoms with Gasteiger partial charge in [0.1, 0.15) is 11.0 Å². The average molecular weight is 282 g/mol. The second-order valence-electron chi connectivity index (χ2n) is 4.35. The van der Waals surface area contributed by atoms with Crippen LogP contribution in [-0.2, 0) is 6.54 Å². The maximum absolute atomic E-state index is 5.95. The van der Waals surface area contributed by atoms with Gasteiger partial charge in [0, 0.05) is 16.6 Å². The molecule has 0 aliphatic rings. The predicted octanol–water partition coefficient (Wildman–Crippen LogP) is 3.69. The number of thiophene rings is 1. The number of hydrogen-bond donors (Lipinski definition) is 0. The Balaban J connectivity index is 2.09. The van der Waals surface area contributed by atoms with Crippen molar-refractivity contribution in [3.8, 4) is 0 Å². The summed E-state index contributed by atoms with van der Waals surface area (Å²) in [4.78, 5) is 12.2. The van der Waals surface area contributed by atoms with Crippen molar-refractivity contribution in [1.82, 2.24) is 14.9 Å². The van der Waals surface area contributed by atoms with Gasteiger partial charge in [0.05, 0.1) is 6.54 Å². The molecule has 0 fully saturated rings.